The highest BCUT2D eigenvalue weighted by Gasteiger charge is 2.08. The van der Waals surface area contributed by atoms with Gasteiger partial charge >= 0.3 is 0 Å². The molecule has 1 aromatic carbocycles. The molecule has 102 valence electrons. The zero-order valence-corrected chi connectivity index (χ0v) is 11.9. The summed E-state index contributed by atoms with van der Waals surface area (Å²) in [6.45, 7) is 1.92. The molecule has 0 unspecified atom stereocenters. The maximum Gasteiger partial charge on any atom is 0.222 e. The predicted octanol–water partition coefficient (Wildman–Crippen LogP) is 4.26. The monoisotopic (exact) mass is 295 g/mol. The summed E-state index contributed by atoms with van der Waals surface area (Å²) in [6, 6.07) is 14.6. The quantitative estimate of drug-likeness (QED) is 0.663. The van der Waals surface area contributed by atoms with E-state index in [0.717, 1.165) is 16.6 Å². The lowest BCUT2D eigenvalue weighted by Gasteiger charge is -2.08. The number of para-hydroxylation sites is 1. The summed E-state index contributed by atoms with van der Waals surface area (Å²) in [7, 11) is 0. The smallest absolute Gasteiger partial charge is 0.222 e. The molecule has 0 fully saturated rings. The minimum absolute atomic E-state index is 0.216. The molecule has 0 radical (unpaired) electrons. The summed E-state index contributed by atoms with van der Waals surface area (Å²) >= 11 is 5.88. The van der Waals surface area contributed by atoms with Crippen LogP contribution in [-0.4, -0.2) is 9.97 Å². The van der Waals surface area contributed by atoms with Gasteiger partial charge in [-0.2, -0.15) is 5.26 Å². The molecule has 2 heterocycles. The van der Waals surface area contributed by atoms with Crippen LogP contribution in [0.4, 0.5) is 0 Å². The van der Waals surface area contributed by atoms with E-state index in [0.29, 0.717) is 11.3 Å². The molecule has 0 saturated carbocycles. The number of pyridine rings is 2. The SMILES string of the molecule is Cc1ccc2cccc(Oc3cc(C#N)cc(Cl)n3)c2n1. The summed E-state index contributed by atoms with van der Waals surface area (Å²) in [5.74, 6) is 0.852. The summed E-state index contributed by atoms with van der Waals surface area (Å²) in [6.07, 6.45) is 0. The Morgan fingerprint density at radius 1 is 1.14 bits per heavy atom. The molecular formula is C16H10ClN3O. The number of nitrogens with zero attached hydrogens (tertiary/aromatic N) is 3. The van der Waals surface area contributed by atoms with Crippen LogP contribution < -0.4 is 4.74 Å². The number of nitriles is 1. The Kier molecular flexibility index (Phi) is 3.43. The van der Waals surface area contributed by atoms with Crippen LogP contribution in [0.3, 0.4) is 0 Å². The number of benzene rings is 1. The lowest BCUT2D eigenvalue weighted by Crippen LogP contribution is -1.93. The van der Waals surface area contributed by atoms with Crippen molar-refractivity contribution in [1.29, 1.82) is 5.26 Å². The van der Waals surface area contributed by atoms with E-state index >= 15 is 0 Å². The molecule has 3 rings (SSSR count). The Bertz CT molecular complexity index is 871. The van der Waals surface area contributed by atoms with Crippen molar-refractivity contribution in [2.75, 3.05) is 0 Å². The fraction of sp³-hybridized carbons (Fsp3) is 0.0625. The molecule has 0 amide bonds. The van der Waals surface area contributed by atoms with Crippen LogP contribution in [-0.2, 0) is 0 Å². The Labute approximate surface area is 126 Å². The maximum atomic E-state index is 8.96. The molecule has 0 bridgehead atoms. The lowest BCUT2D eigenvalue weighted by molar-refractivity contribution is 0.467. The van der Waals surface area contributed by atoms with Crippen molar-refractivity contribution in [1.82, 2.24) is 9.97 Å². The number of aromatic nitrogens is 2. The molecule has 0 N–H and O–H groups in total. The first-order valence-corrected chi connectivity index (χ1v) is 6.65. The minimum atomic E-state index is 0.216. The highest BCUT2D eigenvalue weighted by molar-refractivity contribution is 6.29. The number of ether oxygens (including phenoxy) is 1. The standard InChI is InChI=1S/C16H10ClN3O/c1-10-5-6-12-3-2-4-13(16(12)19-10)21-15-8-11(9-18)7-14(17)20-15/h2-8H,1H3. The van der Waals surface area contributed by atoms with Gasteiger partial charge in [-0.15, -0.1) is 0 Å². The number of fused-ring (bicyclic) bond motifs is 1. The van der Waals surface area contributed by atoms with Crippen LogP contribution >= 0.6 is 11.6 Å². The third-order valence-corrected chi connectivity index (χ3v) is 3.13. The summed E-state index contributed by atoms with van der Waals surface area (Å²) in [5.41, 5.74) is 2.04. The van der Waals surface area contributed by atoms with Gasteiger partial charge < -0.3 is 4.74 Å². The third kappa shape index (κ3) is 2.78. The Morgan fingerprint density at radius 2 is 2.00 bits per heavy atom. The van der Waals surface area contributed by atoms with Crippen molar-refractivity contribution in [3.05, 3.63) is 58.9 Å². The molecule has 5 heteroatoms. The number of hydrogen-bond acceptors (Lipinski definition) is 4. The van der Waals surface area contributed by atoms with Gasteiger partial charge in [-0.25, -0.2) is 9.97 Å². The first-order valence-electron chi connectivity index (χ1n) is 6.27. The van der Waals surface area contributed by atoms with E-state index in [9.17, 15) is 0 Å². The Balaban J connectivity index is 2.08. The van der Waals surface area contributed by atoms with Gasteiger partial charge in [-0.1, -0.05) is 29.8 Å². The minimum Gasteiger partial charge on any atom is -0.437 e. The summed E-state index contributed by atoms with van der Waals surface area (Å²) < 4.78 is 5.76. The van der Waals surface area contributed by atoms with E-state index in [2.05, 4.69) is 9.97 Å². The van der Waals surface area contributed by atoms with Crippen LogP contribution in [0.2, 0.25) is 5.15 Å². The number of rotatable bonds is 2. The third-order valence-electron chi connectivity index (χ3n) is 2.94. The van der Waals surface area contributed by atoms with Crippen molar-refractivity contribution in [2.24, 2.45) is 0 Å². The van der Waals surface area contributed by atoms with Crippen molar-refractivity contribution < 1.29 is 4.74 Å². The molecular weight excluding hydrogens is 286 g/mol. The zero-order valence-electron chi connectivity index (χ0n) is 11.2. The molecule has 0 saturated heterocycles. The normalized spacial score (nSPS) is 10.3. The van der Waals surface area contributed by atoms with Gasteiger partial charge in [0.2, 0.25) is 5.88 Å². The number of hydrogen-bond donors (Lipinski definition) is 0. The molecule has 3 aromatic rings. The van der Waals surface area contributed by atoms with Gasteiger partial charge in [0.05, 0.1) is 11.6 Å². The van der Waals surface area contributed by atoms with Crippen LogP contribution in [0.15, 0.2) is 42.5 Å². The van der Waals surface area contributed by atoms with Crippen molar-refractivity contribution in [3.8, 4) is 17.7 Å². The average molecular weight is 296 g/mol. The van der Waals surface area contributed by atoms with Gasteiger partial charge in [0.25, 0.3) is 0 Å². The highest BCUT2D eigenvalue weighted by atomic mass is 35.5. The fourth-order valence-corrected chi connectivity index (χ4v) is 2.20. The van der Waals surface area contributed by atoms with Crippen molar-refractivity contribution >= 4 is 22.5 Å². The second kappa shape index (κ2) is 5.39. The van der Waals surface area contributed by atoms with Gasteiger partial charge in [-0.05, 0) is 25.1 Å². The van der Waals surface area contributed by atoms with E-state index < -0.39 is 0 Å². The predicted molar refractivity (Wildman–Crippen MR) is 80.5 cm³/mol. The van der Waals surface area contributed by atoms with Crippen LogP contribution in [0.1, 0.15) is 11.3 Å². The summed E-state index contributed by atoms with van der Waals surface area (Å²) in [4.78, 5) is 8.56. The molecule has 0 atom stereocenters. The van der Waals surface area contributed by atoms with Crippen LogP contribution in [0.25, 0.3) is 10.9 Å². The average Bonchev–Trinajstić information content (AvgIpc) is 2.47. The second-order valence-electron chi connectivity index (χ2n) is 4.51. The molecule has 0 spiro atoms. The maximum absolute atomic E-state index is 8.96. The molecule has 0 aliphatic carbocycles. The number of aryl methyl sites for hydroxylation is 1. The van der Waals surface area contributed by atoms with E-state index in [1.165, 1.54) is 6.07 Å². The van der Waals surface area contributed by atoms with Crippen molar-refractivity contribution in [3.63, 3.8) is 0 Å². The topological polar surface area (TPSA) is 58.8 Å². The lowest BCUT2D eigenvalue weighted by atomic mass is 10.2. The van der Waals surface area contributed by atoms with Crippen LogP contribution in [0.5, 0.6) is 11.6 Å². The second-order valence-corrected chi connectivity index (χ2v) is 4.90. The van der Waals surface area contributed by atoms with Gasteiger partial charge in [0.15, 0.2) is 5.75 Å². The van der Waals surface area contributed by atoms with E-state index in [4.69, 9.17) is 21.6 Å². The van der Waals surface area contributed by atoms with Gasteiger partial charge in [-0.3, -0.25) is 0 Å². The number of halogens is 1. The Morgan fingerprint density at radius 3 is 2.81 bits per heavy atom. The fourth-order valence-electron chi connectivity index (χ4n) is 2.00. The molecule has 0 aliphatic heterocycles. The van der Waals surface area contributed by atoms with E-state index in [-0.39, 0.29) is 11.0 Å². The highest BCUT2D eigenvalue weighted by Crippen LogP contribution is 2.29. The zero-order chi connectivity index (χ0) is 14.8. The van der Waals surface area contributed by atoms with E-state index in [1.54, 1.807) is 6.07 Å². The molecule has 2 aromatic heterocycles. The van der Waals surface area contributed by atoms with Crippen LogP contribution in [0, 0.1) is 18.3 Å². The largest absolute Gasteiger partial charge is 0.437 e. The first kappa shape index (κ1) is 13.3. The first-order chi connectivity index (χ1) is 10.2. The molecule has 0 aliphatic rings. The molecule has 4 nitrogen and oxygen atoms in total. The van der Waals surface area contributed by atoms with Gasteiger partial charge in [0, 0.05) is 17.1 Å². The Hall–Kier alpha value is -2.64. The molecule has 21 heavy (non-hydrogen) atoms. The van der Waals surface area contributed by atoms with Gasteiger partial charge in [0.1, 0.15) is 10.7 Å². The van der Waals surface area contributed by atoms with Crippen molar-refractivity contribution in [2.45, 2.75) is 6.92 Å². The summed E-state index contributed by atoms with van der Waals surface area (Å²) in [5, 5.41) is 10.1. The van der Waals surface area contributed by atoms with E-state index in [1.807, 2.05) is 43.3 Å².